The first-order valence-corrected chi connectivity index (χ1v) is 7.57. The molecule has 0 aromatic carbocycles. The molecule has 0 saturated carbocycles. The minimum Gasteiger partial charge on any atom is -0.351 e. The third kappa shape index (κ3) is 3.02. The quantitative estimate of drug-likeness (QED) is 0.890. The van der Waals surface area contributed by atoms with Gasteiger partial charge in [-0.05, 0) is 19.3 Å². The molecule has 1 atom stereocenters. The molecule has 0 bridgehead atoms. The molecule has 18 heavy (non-hydrogen) atoms. The molecule has 1 aromatic rings. The van der Waals surface area contributed by atoms with E-state index in [1.165, 1.54) is 0 Å². The molecule has 0 aliphatic carbocycles. The van der Waals surface area contributed by atoms with E-state index >= 15 is 0 Å². The fourth-order valence-corrected chi connectivity index (χ4v) is 3.08. The Kier molecular flexibility index (Phi) is 4.58. The molecule has 1 saturated heterocycles. The molecule has 1 fully saturated rings. The molecule has 1 aliphatic rings. The number of hydrogen-bond acceptors (Lipinski definition) is 4. The van der Waals surface area contributed by atoms with Gasteiger partial charge >= 0.3 is 0 Å². The Morgan fingerprint density at radius 1 is 1.61 bits per heavy atom. The van der Waals surface area contributed by atoms with E-state index in [9.17, 15) is 4.79 Å². The van der Waals surface area contributed by atoms with Crippen LogP contribution in [-0.4, -0.2) is 30.0 Å². The van der Waals surface area contributed by atoms with Crippen LogP contribution in [0.4, 0.5) is 5.13 Å². The molecule has 2 rings (SSSR count). The van der Waals surface area contributed by atoms with Gasteiger partial charge in [0.25, 0.3) is 0 Å². The number of nitrogens with zero attached hydrogens (tertiary/aromatic N) is 2. The van der Waals surface area contributed by atoms with Crippen molar-refractivity contribution in [2.24, 2.45) is 5.92 Å². The number of amides is 1. The largest absolute Gasteiger partial charge is 0.351 e. The molecule has 5 heteroatoms. The van der Waals surface area contributed by atoms with Crippen molar-refractivity contribution in [3.8, 4) is 0 Å². The lowest BCUT2D eigenvalue weighted by molar-refractivity contribution is -0.125. The average molecular weight is 267 g/mol. The lowest BCUT2D eigenvalue weighted by Crippen LogP contribution is -2.40. The fourth-order valence-electron chi connectivity index (χ4n) is 2.40. The Bertz CT molecular complexity index is 376. The molecule has 4 nitrogen and oxygen atoms in total. The Morgan fingerprint density at radius 2 is 2.39 bits per heavy atom. The van der Waals surface area contributed by atoms with Crippen molar-refractivity contribution in [3.63, 3.8) is 0 Å². The molecule has 0 spiro atoms. The predicted octanol–water partition coefficient (Wildman–Crippen LogP) is 2.27. The van der Waals surface area contributed by atoms with E-state index in [-0.39, 0.29) is 17.9 Å². The van der Waals surface area contributed by atoms with E-state index in [4.69, 9.17) is 0 Å². The zero-order chi connectivity index (χ0) is 13.0. The van der Waals surface area contributed by atoms with Crippen LogP contribution in [-0.2, 0) is 4.79 Å². The number of thiazole rings is 1. The molecular formula is C13H21N3OS. The monoisotopic (exact) mass is 267 g/mol. The molecule has 1 unspecified atom stereocenters. The van der Waals surface area contributed by atoms with Gasteiger partial charge in [-0.3, -0.25) is 4.79 Å². The second-order valence-electron chi connectivity index (χ2n) is 4.77. The standard InChI is InChI=1S/C13H21N3OS/c1-3-10(4-2)12(17)15-11-5-7-16(9-11)13-14-6-8-18-13/h6,8,10-11H,3-5,7,9H2,1-2H3,(H,15,17). The van der Waals surface area contributed by atoms with Crippen molar-refractivity contribution in [2.75, 3.05) is 18.0 Å². The maximum absolute atomic E-state index is 12.0. The number of anilines is 1. The highest BCUT2D eigenvalue weighted by atomic mass is 32.1. The van der Waals surface area contributed by atoms with Gasteiger partial charge in [-0.1, -0.05) is 13.8 Å². The summed E-state index contributed by atoms with van der Waals surface area (Å²) in [7, 11) is 0. The highest BCUT2D eigenvalue weighted by Gasteiger charge is 2.26. The third-order valence-electron chi connectivity index (χ3n) is 3.58. The van der Waals surface area contributed by atoms with Crippen molar-refractivity contribution in [2.45, 2.75) is 39.2 Å². The lowest BCUT2D eigenvalue weighted by Gasteiger charge is -2.18. The van der Waals surface area contributed by atoms with Crippen LogP contribution in [0, 0.1) is 5.92 Å². The van der Waals surface area contributed by atoms with Crippen LogP contribution >= 0.6 is 11.3 Å². The molecule has 1 aromatic heterocycles. The number of rotatable bonds is 5. The van der Waals surface area contributed by atoms with Crippen LogP contribution in [0.3, 0.4) is 0 Å². The van der Waals surface area contributed by atoms with Gasteiger partial charge in [0.05, 0.1) is 0 Å². The molecule has 0 radical (unpaired) electrons. The summed E-state index contributed by atoms with van der Waals surface area (Å²) >= 11 is 1.66. The highest BCUT2D eigenvalue weighted by molar-refractivity contribution is 7.13. The number of aromatic nitrogens is 1. The minimum atomic E-state index is 0.166. The second kappa shape index (κ2) is 6.18. The van der Waals surface area contributed by atoms with Gasteiger partial charge in [0.1, 0.15) is 0 Å². The highest BCUT2D eigenvalue weighted by Crippen LogP contribution is 2.22. The summed E-state index contributed by atoms with van der Waals surface area (Å²) in [5.41, 5.74) is 0. The summed E-state index contributed by atoms with van der Waals surface area (Å²) in [6.45, 7) is 6.02. The van der Waals surface area contributed by atoms with Gasteiger partial charge < -0.3 is 10.2 Å². The van der Waals surface area contributed by atoms with Crippen molar-refractivity contribution in [1.29, 1.82) is 0 Å². The van der Waals surface area contributed by atoms with Crippen molar-refractivity contribution in [3.05, 3.63) is 11.6 Å². The molecule has 1 aliphatic heterocycles. The molecular weight excluding hydrogens is 246 g/mol. The van der Waals surface area contributed by atoms with E-state index in [1.54, 1.807) is 11.3 Å². The molecule has 1 amide bonds. The fraction of sp³-hybridized carbons (Fsp3) is 0.692. The van der Waals surface area contributed by atoms with E-state index in [2.05, 4.69) is 29.0 Å². The minimum absolute atomic E-state index is 0.166. The number of carbonyl (C=O) groups is 1. The molecule has 2 heterocycles. The molecule has 100 valence electrons. The van der Waals surface area contributed by atoms with Crippen molar-refractivity contribution < 1.29 is 4.79 Å². The smallest absolute Gasteiger partial charge is 0.223 e. The first-order valence-electron chi connectivity index (χ1n) is 6.69. The first-order chi connectivity index (χ1) is 8.74. The van der Waals surface area contributed by atoms with Gasteiger partial charge in [0.15, 0.2) is 5.13 Å². The normalized spacial score (nSPS) is 19.5. The van der Waals surface area contributed by atoms with Gasteiger partial charge in [0, 0.05) is 36.6 Å². The van der Waals surface area contributed by atoms with Gasteiger partial charge in [-0.2, -0.15) is 0 Å². The topological polar surface area (TPSA) is 45.2 Å². The average Bonchev–Trinajstić information content (AvgIpc) is 3.00. The SMILES string of the molecule is CCC(CC)C(=O)NC1CCN(c2nccs2)C1. The van der Waals surface area contributed by atoms with Crippen LogP contribution in [0.2, 0.25) is 0 Å². The third-order valence-corrected chi connectivity index (χ3v) is 4.41. The Balaban J connectivity index is 1.84. The summed E-state index contributed by atoms with van der Waals surface area (Å²) in [5, 5.41) is 6.22. The van der Waals surface area contributed by atoms with Crippen molar-refractivity contribution in [1.82, 2.24) is 10.3 Å². The Labute approximate surface area is 112 Å². The lowest BCUT2D eigenvalue weighted by atomic mass is 10.0. The summed E-state index contributed by atoms with van der Waals surface area (Å²) < 4.78 is 0. The molecule has 1 N–H and O–H groups in total. The van der Waals surface area contributed by atoms with Crippen LogP contribution in [0.25, 0.3) is 0 Å². The number of nitrogens with one attached hydrogen (secondary N) is 1. The Morgan fingerprint density at radius 3 is 3.00 bits per heavy atom. The van der Waals surface area contributed by atoms with E-state index in [1.807, 2.05) is 11.6 Å². The summed E-state index contributed by atoms with van der Waals surface area (Å²) in [4.78, 5) is 18.6. The maximum Gasteiger partial charge on any atom is 0.223 e. The van der Waals surface area contributed by atoms with E-state index < -0.39 is 0 Å². The predicted molar refractivity (Wildman–Crippen MR) is 74.9 cm³/mol. The van der Waals surface area contributed by atoms with Crippen LogP contribution in [0.1, 0.15) is 33.1 Å². The summed E-state index contributed by atoms with van der Waals surface area (Å²) in [6.07, 6.45) is 4.69. The van der Waals surface area contributed by atoms with E-state index in [0.717, 1.165) is 37.5 Å². The van der Waals surface area contributed by atoms with Gasteiger partial charge in [-0.25, -0.2) is 4.98 Å². The van der Waals surface area contributed by atoms with Crippen LogP contribution < -0.4 is 10.2 Å². The zero-order valence-corrected chi connectivity index (χ0v) is 11.9. The summed E-state index contributed by atoms with van der Waals surface area (Å²) in [5.74, 6) is 0.380. The first kappa shape index (κ1) is 13.3. The summed E-state index contributed by atoms with van der Waals surface area (Å²) in [6, 6.07) is 0.280. The maximum atomic E-state index is 12.0. The van der Waals surface area contributed by atoms with Gasteiger partial charge in [0.2, 0.25) is 5.91 Å². The zero-order valence-electron chi connectivity index (χ0n) is 11.1. The number of carbonyl (C=O) groups excluding carboxylic acids is 1. The number of hydrogen-bond donors (Lipinski definition) is 1. The van der Waals surface area contributed by atoms with Gasteiger partial charge in [-0.15, -0.1) is 11.3 Å². The van der Waals surface area contributed by atoms with Crippen LogP contribution in [0.5, 0.6) is 0 Å². The van der Waals surface area contributed by atoms with E-state index in [0.29, 0.717) is 0 Å². The second-order valence-corrected chi connectivity index (χ2v) is 5.64. The van der Waals surface area contributed by atoms with Crippen molar-refractivity contribution >= 4 is 22.4 Å². The van der Waals surface area contributed by atoms with Crippen LogP contribution in [0.15, 0.2) is 11.6 Å². The Hall–Kier alpha value is -1.10.